The molecule has 2 aromatic rings. The van der Waals surface area contributed by atoms with E-state index < -0.39 is 0 Å². The SMILES string of the molecule is Cl.Cl.O=C(N[C@H]1C[C@H]2CO[C@@H](c3ccccc3)CN2C1)c1cn2c(n1)CCNCC2. The Morgan fingerprint density at radius 3 is 2.83 bits per heavy atom. The first-order valence-electron chi connectivity index (χ1n) is 10.2. The van der Waals surface area contributed by atoms with E-state index in [1.54, 1.807) is 0 Å². The van der Waals surface area contributed by atoms with Gasteiger partial charge in [-0.3, -0.25) is 9.69 Å². The van der Waals surface area contributed by atoms with Crippen molar-refractivity contribution in [1.29, 1.82) is 0 Å². The number of fused-ring (bicyclic) bond motifs is 2. The average molecular weight is 454 g/mol. The minimum atomic E-state index is -0.0566. The van der Waals surface area contributed by atoms with Crippen LogP contribution in [-0.2, 0) is 17.7 Å². The van der Waals surface area contributed by atoms with Crippen LogP contribution >= 0.6 is 24.8 Å². The number of aromatic nitrogens is 2. The summed E-state index contributed by atoms with van der Waals surface area (Å²) in [6, 6.07) is 10.9. The van der Waals surface area contributed by atoms with Gasteiger partial charge in [0.1, 0.15) is 11.5 Å². The van der Waals surface area contributed by atoms with Crippen LogP contribution in [-0.4, -0.2) is 65.2 Å². The number of amides is 1. The number of imidazole rings is 1. The molecular formula is C21H29Cl2N5O2. The summed E-state index contributed by atoms with van der Waals surface area (Å²) >= 11 is 0. The van der Waals surface area contributed by atoms with E-state index >= 15 is 0 Å². The Hall–Kier alpha value is -1.64. The summed E-state index contributed by atoms with van der Waals surface area (Å²) in [5, 5.41) is 6.56. The Labute approximate surface area is 189 Å². The van der Waals surface area contributed by atoms with Crippen molar-refractivity contribution in [2.45, 2.75) is 37.6 Å². The second-order valence-electron chi connectivity index (χ2n) is 7.98. The van der Waals surface area contributed by atoms with E-state index in [0.717, 1.165) is 58.0 Å². The predicted molar refractivity (Wildman–Crippen MR) is 120 cm³/mol. The summed E-state index contributed by atoms with van der Waals surface area (Å²) in [5.41, 5.74) is 1.77. The number of morpholine rings is 1. The molecule has 2 fully saturated rings. The number of carbonyl (C=O) groups is 1. The average Bonchev–Trinajstić information content (AvgIpc) is 3.25. The lowest BCUT2D eigenvalue weighted by atomic mass is 10.1. The van der Waals surface area contributed by atoms with Crippen LogP contribution in [0.1, 0.15) is 34.4 Å². The van der Waals surface area contributed by atoms with Crippen LogP contribution in [0.2, 0.25) is 0 Å². The number of nitrogens with zero attached hydrogens (tertiary/aromatic N) is 3. The molecule has 164 valence electrons. The van der Waals surface area contributed by atoms with E-state index in [1.165, 1.54) is 5.56 Å². The minimum Gasteiger partial charge on any atom is -0.371 e. The van der Waals surface area contributed by atoms with Crippen molar-refractivity contribution in [3.8, 4) is 0 Å². The van der Waals surface area contributed by atoms with Crippen LogP contribution in [0, 0.1) is 0 Å². The molecule has 3 atom stereocenters. The number of carbonyl (C=O) groups excluding carboxylic acids is 1. The van der Waals surface area contributed by atoms with Crippen LogP contribution in [0.3, 0.4) is 0 Å². The molecule has 1 aromatic carbocycles. The quantitative estimate of drug-likeness (QED) is 0.741. The fourth-order valence-electron chi connectivity index (χ4n) is 4.59. The molecule has 3 aliphatic heterocycles. The maximum atomic E-state index is 12.7. The predicted octanol–water partition coefficient (Wildman–Crippen LogP) is 1.82. The normalized spacial score (nSPS) is 25.8. The lowest BCUT2D eigenvalue weighted by molar-refractivity contribution is -0.0502. The molecule has 0 radical (unpaired) electrons. The van der Waals surface area contributed by atoms with Gasteiger partial charge in [-0.25, -0.2) is 4.98 Å². The third kappa shape index (κ3) is 4.81. The molecule has 0 bridgehead atoms. The number of ether oxygens (including phenoxy) is 1. The molecule has 30 heavy (non-hydrogen) atoms. The Kier molecular flexibility index (Phi) is 7.76. The van der Waals surface area contributed by atoms with Gasteiger partial charge in [-0.05, 0) is 12.0 Å². The number of rotatable bonds is 3. The van der Waals surface area contributed by atoms with Gasteiger partial charge in [0.05, 0.1) is 12.7 Å². The smallest absolute Gasteiger partial charge is 0.271 e. The molecule has 0 spiro atoms. The number of nitrogens with one attached hydrogen (secondary N) is 2. The fourth-order valence-corrected chi connectivity index (χ4v) is 4.59. The van der Waals surface area contributed by atoms with E-state index in [2.05, 4.69) is 49.4 Å². The molecule has 1 amide bonds. The minimum absolute atomic E-state index is 0. The van der Waals surface area contributed by atoms with Gasteiger partial charge in [0.15, 0.2) is 0 Å². The van der Waals surface area contributed by atoms with E-state index in [4.69, 9.17) is 4.74 Å². The Morgan fingerprint density at radius 1 is 1.17 bits per heavy atom. The summed E-state index contributed by atoms with van der Waals surface area (Å²) in [7, 11) is 0. The number of benzene rings is 1. The highest BCUT2D eigenvalue weighted by Gasteiger charge is 2.38. The summed E-state index contributed by atoms with van der Waals surface area (Å²) in [5.74, 6) is 0.942. The Balaban J connectivity index is 0.00000128. The van der Waals surface area contributed by atoms with Gasteiger partial charge < -0.3 is 19.9 Å². The lowest BCUT2D eigenvalue weighted by Gasteiger charge is -2.35. The topological polar surface area (TPSA) is 71.4 Å². The van der Waals surface area contributed by atoms with Crippen LogP contribution in [0.5, 0.6) is 0 Å². The molecule has 0 saturated carbocycles. The highest BCUT2D eigenvalue weighted by atomic mass is 35.5. The van der Waals surface area contributed by atoms with Gasteiger partial charge in [-0.1, -0.05) is 30.3 Å². The summed E-state index contributed by atoms with van der Waals surface area (Å²) in [6.07, 6.45) is 3.81. The zero-order chi connectivity index (χ0) is 18.9. The highest BCUT2D eigenvalue weighted by Crippen LogP contribution is 2.30. The van der Waals surface area contributed by atoms with Crippen molar-refractivity contribution in [1.82, 2.24) is 25.1 Å². The second-order valence-corrected chi connectivity index (χ2v) is 7.98. The molecule has 7 nitrogen and oxygen atoms in total. The zero-order valence-electron chi connectivity index (χ0n) is 16.8. The third-order valence-electron chi connectivity index (χ3n) is 6.07. The van der Waals surface area contributed by atoms with Crippen molar-refractivity contribution in [3.63, 3.8) is 0 Å². The van der Waals surface area contributed by atoms with Crippen molar-refractivity contribution < 1.29 is 9.53 Å². The van der Waals surface area contributed by atoms with Crippen molar-refractivity contribution in [2.24, 2.45) is 0 Å². The monoisotopic (exact) mass is 453 g/mol. The van der Waals surface area contributed by atoms with Gasteiger partial charge >= 0.3 is 0 Å². The van der Waals surface area contributed by atoms with Gasteiger partial charge in [0.2, 0.25) is 0 Å². The van der Waals surface area contributed by atoms with E-state index in [1.807, 2.05) is 12.3 Å². The summed E-state index contributed by atoms with van der Waals surface area (Å²) in [6.45, 7) is 5.18. The molecule has 1 aromatic heterocycles. The maximum absolute atomic E-state index is 12.7. The van der Waals surface area contributed by atoms with Crippen LogP contribution in [0.15, 0.2) is 36.5 Å². The Bertz CT molecular complexity index is 824. The first kappa shape index (κ1) is 23.0. The maximum Gasteiger partial charge on any atom is 0.271 e. The van der Waals surface area contributed by atoms with E-state index in [-0.39, 0.29) is 42.9 Å². The van der Waals surface area contributed by atoms with Crippen LogP contribution < -0.4 is 10.6 Å². The standard InChI is InChI=1S/C21H27N5O2.2ClH/c27-21(18-12-25-9-8-22-7-6-20(25)24-18)23-16-10-17-14-28-19(13-26(17)11-16)15-4-2-1-3-5-15;;/h1-5,12,16-17,19,22H,6-11,13-14H2,(H,23,27);2*1H/t16-,17-,19+;;/m0../s1. The lowest BCUT2D eigenvalue weighted by Crippen LogP contribution is -2.43. The first-order chi connectivity index (χ1) is 13.8. The van der Waals surface area contributed by atoms with E-state index in [9.17, 15) is 4.79 Å². The van der Waals surface area contributed by atoms with Crippen molar-refractivity contribution in [2.75, 3.05) is 32.8 Å². The van der Waals surface area contributed by atoms with Crippen molar-refractivity contribution in [3.05, 3.63) is 53.6 Å². The molecule has 2 N–H and O–H groups in total. The van der Waals surface area contributed by atoms with E-state index in [0.29, 0.717) is 11.7 Å². The highest BCUT2D eigenvalue weighted by molar-refractivity contribution is 5.92. The number of halogens is 2. The zero-order valence-corrected chi connectivity index (χ0v) is 18.5. The second kappa shape index (κ2) is 10.1. The Morgan fingerprint density at radius 2 is 2.00 bits per heavy atom. The van der Waals surface area contributed by atoms with Crippen LogP contribution in [0.4, 0.5) is 0 Å². The molecule has 0 aliphatic carbocycles. The molecule has 3 aliphatic rings. The summed E-state index contributed by atoms with van der Waals surface area (Å²) in [4.78, 5) is 19.8. The van der Waals surface area contributed by atoms with Gasteiger partial charge in [0.25, 0.3) is 5.91 Å². The molecular weight excluding hydrogens is 425 g/mol. The number of hydrogen-bond donors (Lipinski definition) is 2. The molecule has 5 rings (SSSR count). The molecule has 4 heterocycles. The van der Waals surface area contributed by atoms with Crippen molar-refractivity contribution >= 4 is 30.7 Å². The first-order valence-corrected chi connectivity index (χ1v) is 10.2. The number of hydrogen-bond acceptors (Lipinski definition) is 5. The van der Waals surface area contributed by atoms with Crippen LogP contribution in [0.25, 0.3) is 0 Å². The molecule has 9 heteroatoms. The molecule has 0 unspecified atom stereocenters. The van der Waals surface area contributed by atoms with Gasteiger partial charge in [-0.2, -0.15) is 0 Å². The fraction of sp³-hybridized carbons (Fsp3) is 0.524. The summed E-state index contributed by atoms with van der Waals surface area (Å²) < 4.78 is 8.21. The molecule has 2 saturated heterocycles. The van der Waals surface area contributed by atoms with Gasteiger partial charge in [-0.15, -0.1) is 24.8 Å². The van der Waals surface area contributed by atoms with Gasteiger partial charge in [0, 0.05) is 57.4 Å². The third-order valence-corrected chi connectivity index (χ3v) is 6.07. The largest absolute Gasteiger partial charge is 0.371 e.